The van der Waals surface area contributed by atoms with Crippen LogP contribution < -0.4 is 0 Å². The fourth-order valence-corrected chi connectivity index (χ4v) is 10.2. The Hall–Kier alpha value is 0.311. The molecular weight excluding hydrogens is 384 g/mol. The van der Waals surface area contributed by atoms with Gasteiger partial charge >= 0.3 is 153 Å². The van der Waals surface area contributed by atoms with E-state index in [1.807, 2.05) is 2.45 Å². The summed E-state index contributed by atoms with van der Waals surface area (Å²) in [6, 6.07) is 0. The predicted molar refractivity (Wildman–Crippen MR) is 89.7 cm³/mol. The second kappa shape index (κ2) is 5.44. The number of hydrogen-bond donors (Lipinski definition) is 0. The van der Waals surface area contributed by atoms with Crippen LogP contribution in [-0.4, -0.2) is 0 Å². The third kappa shape index (κ3) is 2.49. The third-order valence-electron chi connectivity index (χ3n) is 6.38. The monoisotopic (exact) mass is 412 g/mol. The third-order valence-corrected chi connectivity index (χ3v) is 14.4. The van der Waals surface area contributed by atoms with E-state index in [0.29, 0.717) is 10.8 Å². The van der Waals surface area contributed by atoms with Gasteiger partial charge in [-0.25, -0.2) is 0 Å². The van der Waals surface area contributed by atoms with Crippen LogP contribution in [0.25, 0.3) is 0 Å². The normalized spacial score (nSPS) is 24.7. The summed E-state index contributed by atoms with van der Waals surface area (Å²) in [7, 11) is 0. The Bertz CT molecular complexity index is 575. The van der Waals surface area contributed by atoms with Gasteiger partial charge in [0.2, 0.25) is 0 Å². The van der Waals surface area contributed by atoms with E-state index in [1.165, 1.54) is 0 Å². The van der Waals surface area contributed by atoms with Gasteiger partial charge in [0, 0.05) is 0 Å². The molecule has 0 amide bonds. The molecule has 0 saturated heterocycles. The first-order chi connectivity index (χ1) is 9.44. The fourth-order valence-electron chi connectivity index (χ4n) is 3.81. The van der Waals surface area contributed by atoms with E-state index in [1.54, 1.807) is 33.4 Å². The molecule has 0 aliphatic heterocycles. The van der Waals surface area contributed by atoms with E-state index < -0.39 is 36.7 Å². The van der Waals surface area contributed by atoms with Crippen molar-refractivity contribution in [3.05, 3.63) is 35.9 Å². The van der Waals surface area contributed by atoms with Crippen LogP contribution in [-0.2, 0) is 0 Å². The van der Waals surface area contributed by atoms with Crippen molar-refractivity contribution in [3.8, 4) is 0 Å². The van der Waals surface area contributed by atoms with Gasteiger partial charge in [-0.15, -0.1) is 0 Å². The Morgan fingerprint density at radius 1 is 0.524 bits per heavy atom. The molecule has 1 heteroatoms. The molecule has 0 radical (unpaired) electrons. The van der Waals surface area contributed by atoms with Gasteiger partial charge in [-0.05, 0) is 0 Å². The maximum absolute atomic E-state index is 2.44. The summed E-state index contributed by atoms with van der Waals surface area (Å²) < 4.78 is 3.64. The minimum atomic E-state index is -0.997. The molecule has 0 unspecified atom stereocenters. The van der Waals surface area contributed by atoms with Crippen molar-refractivity contribution in [1.29, 1.82) is 0 Å². The van der Waals surface area contributed by atoms with E-state index in [2.05, 4.69) is 69.2 Å². The Labute approximate surface area is 151 Å². The van der Waals surface area contributed by atoms with Crippen LogP contribution in [0.4, 0.5) is 0 Å². The van der Waals surface area contributed by atoms with E-state index >= 15 is 0 Å². The number of rotatable bonds is 2. The first-order valence-electron chi connectivity index (χ1n) is 8.00. The minimum absolute atomic E-state index is 0.297. The van der Waals surface area contributed by atoms with Crippen LogP contribution in [0.1, 0.15) is 69.2 Å². The van der Waals surface area contributed by atoms with Crippen molar-refractivity contribution >= 4 is 0 Å². The van der Waals surface area contributed by atoms with Crippen LogP contribution >= 0.6 is 0 Å². The van der Waals surface area contributed by atoms with E-state index in [4.69, 9.17) is 0 Å². The fraction of sp³-hybridized carbons (Fsp3) is 0.600. The molecule has 0 N–H and O–H groups in total. The van der Waals surface area contributed by atoms with Crippen molar-refractivity contribution < 1.29 is 36.7 Å². The Morgan fingerprint density at radius 3 is 1.00 bits per heavy atom. The van der Waals surface area contributed by atoms with Crippen LogP contribution in [0.15, 0.2) is 35.9 Å². The van der Waals surface area contributed by atoms with Gasteiger partial charge in [0.1, 0.15) is 0 Å². The first-order valence-corrected chi connectivity index (χ1v) is 11.2. The molecule has 2 rings (SSSR count). The van der Waals surface area contributed by atoms with Crippen molar-refractivity contribution in [2.45, 2.75) is 69.2 Å². The quantitative estimate of drug-likeness (QED) is 0.492. The van der Waals surface area contributed by atoms with Gasteiger partial charge in [-0.1, -0.05) is 0 Å². The second-order valence-corrected chi connectivity index (χ2v) is 11.9. The molecule has 21 heavy (non-hydrogen) atoms. The average molecular weight is 415 g/mol. The molecule has 0 saturated carbocycles. The summed E-state index contributed by atoms with van der Waals surface area (Å²) in [6.45, 7) is 23.8. The molecule has 0 atom stereocenters. The molecule has 0 aromatic heterocycles. The molecular formula is C20H30Nd. The Kier molecular flexibility index (Phi) is 4.58. The molecule has 0 heterocycles. The number of allylic oxidation sites excluding steroid dienone is 8. The molecule has 2 aliphatic carbocycles. The summed E-state index contributed by atoms with van der Waals surface area (Å²) in [5, 5.41) is 0. The SMILES string of the molecule is CC1=C(C)C(C)(C)[C]([Nd][C]2=C(C)C(C)=C(C)C2(C)C)=C1C. The molecule has 0 aromatic rings. The molecule has 0 bridgehead atoms. The van der Waals surface area contributed by atoms with Crippen LogP contribution in [0, 0.1) is 47.5 Å². The molecule has 0 spiro atoms. The maximum atomic E-state index is 2.44. The number of hydrogen-bond acceptors (Lipinski definition) is 0. The van der Waals surface area contributed by atoms with Crippen molar-refractivity contribution in [2.24, 2.45) is 10.8 Å². The van der Waals surface area contributed by atoms with Crippen LogP contribution in [0.3, 0.4) is 0 Å². The summed E-state index contributed by atoms with van der Waals surface area (Å²) in [5.41, 5.74) is 10.1. The van der Waals surface area contributed by atoms with Crippen LogP contribution in [0.2, 0.25) is 0 Å². The summed E-state index contributed by atoms with van der Waals surface area (Å²) in [5.74, 6) is 0. The molecule has 114 valence electrons. The van der Waals surface area contributed by atoms with Gasteiger partial charge in [0.05, 0.1) is 0 Å². The molecule has 2 aliphatic rings. The van der Waals surface area contributed by atoms with Gasteiger partial charge in [-0.3, -0.25) is 0 Å². The zero-order valence-corrected chi connectivity index (χ0v) is 18.7. The standard InChI is InChI=1S/2C10H15.Nd/c2*1-7-6-10(4,5)9(3)8(7)2;/h2*1-5H3;. The van der Waals surface area contributed by atoms with Gasteiger partial charge < -0.3 is 0 Å². The second-order valence-electron chi connectivity index (χ2n) is 7.88. The summed E-state index contributed by atoms with van der Waals surface area (Å²) >= 11 is -0.997. The summed E-state index contributed by atoms with van der Waals surface area (Å²) in [4.78, 5) is 0. The molecule has 0 nitrogen and oxygen atoms in total. The first kappa shape index (κ1) is 17.7. The van der Waals surface area contributed by atoms with Crippen molar-refractivity contribution in [2.75, 3.05) is 0 Å². The zero-order valence-electron chi connectivity index (χ0n) is 15.5. The predicted octanol–water partition coefficient (Wildman–Crippen LogP) is 6.37. The van der Waals surface area contributed by atoms with E-state index in [-0.39, 0.29) is 0 Å². The Balaban J connectivity index is 2.47. The van der Waals surface area contributed by atoms with Gasteiger partial charge in [0.25, 0.3) is 0 Å². The molecule has 0 fully saturated rings. The van der Waals surface area contributed by atoms with Gasteiger partial charge in [0.15, 0.2) is 0 Å². The van der Waals surface area contributed by atoms with Crippen molar-refractivity contribution in [1.82, 2.24) is 0 Å². The topological polar surface area (TPSA) is 0 Å². The van der Waals surface area contributed by atoms with E-state index in [0.717, 1.165) is 0 Å². The summed E-state index contributed by atoms with van der Waals surface area (Å²) in [6.07, 6.45) is 0. The average Bonchev–Trinajstić information content (AvgIpc) is 2.63. The Morgan fingerprint density at radius 2 is 0.810 bits per heavy atom. The zero-order chi connectivity index (χ0) is 16.3. The van der Waals surface area contributed by atoms with Crippen molar-refractivity contribution in [3.63, 3.8) is 0 Å². The molecule has 0 aromatic carbocycles. The van der Waals surface area contributed by atoms with Gasteiger partial charge in [-0.2, -0.15) is 0 Å². The van der Waals surface area contributed by atoms with Crippen LogP contribution in [0.5, 0.6) is 0 Å². The van der Waals surface area contributed by atoms with E-state index in [9.17, 15) is 0 Å².